The van der Waals surface area contributed by atoms with Crippen LogP contribution in [0.1, 0.15) is 11.1 Å². The van der Waals surface area contributed by atoms with Crippen molar-refractivity contribution in [3.63, 3.8) is 0 Å². The molecular formula is C38H26S2. The summed E-state index contributed by atoms with van der Waals surface area (Å²) in [7, 11) is 0. The number of hydrogen-bond donors (Lipinski definition) is 0. The van der Waals surface area contributed by atoms with Crippen LogP contribution in [-0.4, -0.2) is 0 Å². The third-order valence-corrected chi connectivity index (χ3v) is 10.5. The van der Waals surface area contributed by atoms with E-state index in [0.29, 0.717) is 0 Å². The van der Waals surface area contributed by atoms with Crippen molar-refractivity contribution in [1.82, 2.24) is 0 Å². The standard InChI is InChI=1S/C38H26S2/c1-23-31(35-21-27-13-5-9-17-33(27)39-35)19-25-11-3-7-15-29(25)37(23)38-24(2)32(20-26-12-4-8-16-30(26)38)36-22-28-14-6-10-18-34(28)40-36/h3-22H,1-2H3. The second-order valence-corrected chi connectivity index (χ2v) is 12.8. The Hall–Kier alpha value is -4.24. The van der Waals surface area contributed by atoms with Crippen LogP contribution in [-0.2, 0) is 0 Å². The summed E-state index contributed by atoms with van der Waals surface area (Å²) in [4.78, 5) is 2.65. The van der Waals surface area contributed by atoms with Gasteiger partial charge in [0.05, 0.1) is 0 Å². The lowest BCUT2D eigenvalue weighted by Crippen LogP contribution is -1.96. The van der Waals surface area contributed by atoms with Gasteiger partial charge >= 0.3 is 0 Å². The molecule has 0 atom stereocenters. The van der Waals surface area contributed by atoms with Gasteiger partial charge in [-0.2, -0.15) is 0 Å². The number of hydrogen-bond acceptors (Lipinski definition) is 2. The van der Waals surface area contributed by atoms with Crippen LogP contribution in [0.25, 0.3) is 73.7 Å². The fourth-order valence-corrected chi connectivity index (χ4v) is 8.56. The first-order valence-corrected chi connectivity index (χ1v) is 15.3. The Morgan fingerprint density at radius 1 is 0.400 bits per heavy atom. The molecule has 0 unspecified atom stereocenters. The Labute approximate surface area is 241 Å². The zero-order chi connectivity index (χ0) is 26.8. The third-order valence-electron chi connectivity index (χ3n) is 8.25. The lowest BCUT2D eigenvalue weighted by molar-refractivity contribution is 1.45. The first-order chi connectivity index (χ1) is 19.7. The van der Waals surface area contributed by atoms with Gasteiger partial charge in [-0.1, -0.05) is 84.9 Å². The highest BCUT2D eigenvalue weighted by Gasteiger charge is 2.21. The van der Waals surface area contributed by atoms with Gasteiger partial charge < -0.3 is 0 Å². The van der Waals surface area contributed by atoms with Crippen LogP contribution in [0.4, 0.5) is 0 Å². The SMILES string of the molecule is Cc1c(-c2cc3ccccc3s2)cc2ccccc2c1-c1c(C)c(-c2cc3ccccc3s2)cc2ccccc12. The van der Waals surface area contributed by atoms with Crippen LogP contribution >= 0.6 is 22.7 Å². The van der Waals surface area contributed by atoms with Crippen molar-refractivity contribution >= 4 is 64.4 Å². The van der Waals surface area contributed by atoms with Crippen molar-refractivity contribution in [3.8, 4) is 32.0 Å². The van der Waals surface area contributed by atoms with E-state index in [2.05, 4.69) is 135 Å². The average Bonchev–Trinajstić information content (AvgIpc) is 3.62. The summed E-state index contributed by atoms with van der Waals surface area (Å²) in [6.07, 6.45) is 0. The van der Waals surface area contributed by atoms with Crippen molar-refractivity contribution in [2.45, 2.75) is 13.8 Å². The Bertz CT molecular complexity index is 2020. The van der Waals surface area contributed by atoms with E-state index in [-0.39, 0.29) is 0 Å². The quantitative estimate of drug-likeness (QED) is 0.207. The molecule has 0 radical (unpaired) electrons. The largest absolute Gasteiger partial charge is 0.135 e. The summed E-state index contributed by atoms with van der Waals surface area (Å²) in [5, 5.41) is 7.81. The second kappa shape index (κ2) is 9.16. The third kappa shape index (κ3) is 3.64. The molecule has 0 saturated heterocycles. The Morgan fingerprint density at radius 2 is 0.775 bits per heavy atom. The maximum atomic E-state index is 2.40. The van der Waals surface area contributed by atoms with Gasteiger partial charge in [-0.05, 0) is 116 Å². The maximum Gasteiger partial charge on any atom is 0.0358 e. The zero-order valence-corrected chi connectivity index (χ0v) is 24.0. The van der Waals surface area contributed by atoms with Gasteiger partial charge in [-0.3, -0.25) is 0 Å². The van der Waals surface area contributed by atoms with Crippen LogP contribution < -0.4 is 0 Å². The molecule has 0 fully saturated rings. The van der Waals surface area contributed by atoms with E-state index in [0.717, 1.165) is 0 Å². The lowest BCUT2D eigenvalue weighted by atomic mass is 9.83. The molecule has 0 amide bonds. The number of benzene rings is 6. The van der Waals surface area contributed by atoms with E-state index in [9.17, 15) is 0 Å². The van der Waals surface area contributed by atoms with E-state index in [1.807, 2.05) is 22.7 Å². The Kier molecular flexibility index (Phi) is 5.41. The number of thiophene rings is 2. The fraction of sp³-hybridized carbons (Fsp3) is 0.0526. The molecule has 8 rings (SSSR count). The monoisotopic (exact) mass is 546 g/mol. The van der Waals surface area contributed by atoms with Crippen LogP contribution in [0.15, 0.2) is 121 Å². The molecule has 8 aromatic rings. The van der Waals surface area contributed by atoms with Crippen molar-refractivity contribution < 1.29 is 0 Å². The minimum atomic E-state index is 1.28. The van der Waals surface area contributed by atoms with Crippen molar-refractivity contribution in [3.05, 3.63) is 132 Å². The topological polar surface area (TPSA) is 0 Å². The molecule has 0 N–H and O–H groups in total. The smallest absolute Gasteiger partial charge is 0.0358 e. The van der Waals surface area contributed by atoms with Gasteiger partial charge in [0.25, 0.3) is 0 Å². The van der Waals surface area contributed by atoms with Gasteiger partial charge in [-0.15, -0.1) is 22.7 Å². The molecule has 0 saturated carbocycles. The van der Waals surface area contributed by atoms with Crippen LogP contribution in [0.5, 0.6) is 0 Å². The number of rotatable bonds is 3. The Balaban J connectivity index is 1.48. The molecule has 190 valence electrons. The summed E-state index contributed by atoms with van der Waals surface area (Å²) in [5.74, 6) is 0. The predicted molar refractivity (Wildman–Crippen MR) is 178 cm³/mol. The first kappa shape index (κ1) is 23.6. The minimum Gasteiger partial charge on any atom is -0.135 e. The summed E-state index contributed by atoms with van der Waals surface area (Å²) in [6.45, 7) is 4.64. The van der Waals surface area contributed by atoms with Gasteiger partial charge in [0.2, 0.25) is 0 Å². The molecule has 0 nitrogen and oxygen atoms in total. The number of fused-ring (bicyclic) bond motifs is 4. The van der Waals surface area contributed by atoms with E-state index in [4.69, 9.17) is 0 Å². The van der Waals surface area contributed by atoms with E-state index in [1.165, 1.54) is 84.9 Å². The molecular weight excluding hydrogens is 521 g/mol. The molecule has 0 spiro atoms. The maximum absolute atomic E-state index is 2.40. The van der Waals surface area contributed by atoms with Crippen LogP contribution in [0.3, 0.4) is 0 Å². The first-order valence-electron chi connectivity index (χ1n) is 13.7. The van der Waals surface area contributed by atoms with E-state index < -0.39 is 0 Å². The fourth-order valence-electron chi connectivity index (χ4n) is 6.29. The lowest BCUT2D eigenvalue weighted by Gasteiger charge is -2.21. The van der Waals surface area contributed by atoms with Gasteiger partial charge in [0.15, 0.2) is 0 Å². The van der Waals surface area contributed by atoms with Crippen LogP contribution in [0.2, 0.25) is 0 Å². The zero-order valence-electron chi connectivity index (χ0n) is 22.4. The summed E-state index contributed by atoms with van der Waals surface area (Å²) in [6, 6.07) is 44.8. The highest BCUT2D eigenvalue weighted by molar-refractivity contribution is 7.22. The minimum absolute atomic E-state index is 1.28. The van der Waals surface area contributed by atoms with Crippen molar-refractivity contribution in [2.24, 2.45) is 0 Å². The van der Waals surface area contributed by atoms with Gasteiger partial charge in [0, 0.05) is 19.2 Å². The molecule has 2 heteroatoms. The molecule has 0 aliphatic carbocycles. The molecule has 2 aromatic heterocycles. The predicted octanol–water partition coefficient (Wildman–Crippen LogP) is 12.0. The van der Waals surface area contributed by atoms with E-state index in [1.54, 1.807) is 0 Å². The second-order valence-electron chi connectivity index (χ2n) is 10.6. The summed E-state index contributed by atoms with van der Waals surface area (Å²) in [5.41, 5.74) is 8.03. The van der Waals surface area contributed by atoms with Gasteiger partial charge in [0.1, 0.15) is 0 Å². The molecule has 0 aliphatic rings. The molecule has 2 heterocycles. The molecule has 0 aliphatic heterocycles. The molecule has 40 heavy (non-hydrogen) atoms. The van der Waals surface area contributed by atoms with Crippen molar-refractivity contribution in [2.75, 3.05) is 0 Å². The molecule has 0 bridgehead atoms. The average molecular weight is 547 g/mol. The summed E-state index contributed by atoms with van der Waals surface area (Å²) < 4.78 is 2.67. The van der Waals surface area contributed by atoms with Crippen LogP contribution in [0, 0.1) is 13.8 Å². The van der Waals surface area contributed by atoms with E-state index >= 15 is 0 Å². The highest BCUT2D eigenvalue weighted by atomic mass is 32.1. The highest BCUT2D eigenvalue weighted by Crippen LogP contribution is 2.47. The van der Waals surface area contributed by atoms with Gasteiger partial charge in [-0.25, -0.2) is 0 Å². The molecule has 6 aromatic carbocycles. The Morgan fingerprint density at radius 3 is 1.20 bits per heavy atom. The normalized spacial score (nSPS) is 11.8. The summed E-state index contributed by atoms with van der Waals surface area (Å²) >= 11 is 3.78. The van der Waals surface area contributed by atoms with Crippen molar-refractivity contribution in [1.29, 1.82) is 0 Å².